The molecule has 0 atom stereocenters. The molecule has 0 aliphatic carbocycles. The van der Waals surface area contributed by atoms with Crippen LogP contribution in [-0.2, 0) is 0 Å². The van der Waals surface area contributed by atoms with Crippen LogP contribution in [0.3, 0.4) is 0 Å². The largest absolute Gasteiger partial charge is 0.264 e. The fourth-order valence-electron chi connectivity index (χ4n) is 1.97. The summed E-state index contributed by atoms with van der Waals surface area (Å²) in [4.78, 5) is 3.92. The quantitative estimate of drug-likeness (QED) is 0.534. The average Bonchev–Trinajstić information content (AvgIpc) is 2.73. The van der Waals surface area contributed by atoms with Crippen LogP contribution in [-0.4, -0.2) is 11.8 Å². The topological polar surface area (TPSA) is 60.9 Å². The maximum Gasteiger partial charge on any atom is 0.263 e. The first-order valence-corrected chi connectivity index (χ1v) is 6.91. The zero-order chi connectivity index (χ0) is 12.3. The van der Waals surface area contributed by atoms with Gasteiger partial charge in [0, 0.05) is 6.42 Å². The Hall–Kier alpha value is -1.06. The second-order valence-corrected chi connectivity index (χ2v) is 4.63. The van der Waals surface area contributed by atoms with Gasteiger partial charge in [0.1, 0.15) is 0 Å². The monoisotopic (exact) mass is 236 g/mol. The van der Waals surface area contributed by atoms with Crippen molar-refractivity contribution in [1.82, 2.24) is 0 Å². The molecule has 0 aromatic carbocycles. The fourth-order valence-corrected chi connectivity index (χ4v) is 1.97. The predicted molar refractivity (Wildman–Crippen MR) is 71.9 cm³/mol. The summed E-state index contributed by atoms with van der Waals surface area (Å²) in [5.41, 5.74) is 0. The molecule has 1 N–H and O–H groups in total. The van der Waals surface area contributed by atoms with Gasteiger partial charge < -0.3 is 0 Å². The highest BCUT2D eigenvalue weighted by Gasteiger charge is 2.05. The van der Waals surface area contributed by atoms with Crippen molar-refractivity contribution in [2.45, 2.75) is 71.1 Å². The van der Waals surface area contributed by atoms with Crippen molar-refractivity contribution in [1.29, 1.82) is 5.41 Å². The van der Waals surface area contributed by atoms with Gasteiger partial charge in [0.15, 0.2) is 5.84 Å². The number of hydrogen-bond donors (Lipinski definition) is 1. The van der Waals surface area contributed by atoms with E-state index in [0.29, 0.717) is 0 Å². The minimum atomic E-state index is 0.0518. The Morgan fingerprint density at radius 3 is 1.94 bits per heavy atom. The highest BCUT2D eigenvalue weighted by Crippen LogP contribution is 2.12. The van der Waals surface area contributed by atoms with Crippen LogP contribution in [0.25, 0.3) is 0 Å². The SMILES string of the molecule is CCCCCCCCCCCC1=NC(=N)N=N1. The third-order valence-electron chi connectivity index (χ3n) is 3.00. The minimum absolute atomic E-state index is 0.0518. The molecule has 0 saturated heterocycles. The van der Waals surface area contributed by atoms with Gasteiger partial charge in [0.05, 0.1) is 0 Å². The van der Waals surface area contributed by atoms with E-state index in [-0.39, 0.29) is 5.96 Å². The molecule has 0 spiro atoms. The van der Waals surface area contributed by atoms with E-state index in [0.717, 1.165) is 18.7 Å². The van der Waals surface area contributed by atoms with Crippen LogP contribution in [0.4, 0.5) is 0 Å². The number of unbranched alkanes of at least 4 members (excludes halogenated alkanes) is 8. The van der Waals surface area contributed by atoms with Gasteiger partial charge in [0.25, 0.3) is 5.96 Å². The summed E-state index contributed by atoms with van der Waals surface area (Å²) < 4.78 is 0. The number of guanidine groups is 1. The lowest BCUT2D eigenvalue weighted by Crippen LogP contribution is -1.91. The maximum atomic E-state index is 7.16. The molecule has 96 valence electrons. The number of amidine groups is 1. The first kappa shape index (κ1) is 14.0. The third-order valence-corrected chi connectivity index (χ3v) is 3.00. The van der Waals surface area contributed by atoms with Gasteiger partial charge in [-0.1, -0.05) is 58.3 Å². The molecule has 1 rings (SSSR count). The van der Waals surface area contributed by atoms with E-state index in [2.05, 4.69) is 22.1 Å². The minimum Gasteiger partial charge on any atom is -0.264 e. The van der Waals surface area contributed by atoms with E-state index in [1.54, 1.807) is 0 Å². The van der Waals surface area contributed by atoms with Crippen LogP contribution < -0.4 is 0 Å². The maximum absolute atomic E-state index is 7.16. The van der Waals surface area contributed by atoms with Gasteiger partial charge in [0.2, 0.25) is 0 Å². The van der Waals surface area contributed by atoms with Gasteiger partial charge in [-0.05, 0) is 6.42 Å². The second-order valence-electron chi connectivity index (χ2n) is 4.63. The number of nitrogens with one attached hydrogen (secondary N) is 1. The molecule has 1 aliphatic heterocycles. The normalized spacial score (nSPS) is 14.4. The molecule has 0 aromatic rings. The third kappa shape index (κ3) is 6.97. The van der Waals surface area contributed by atoms with Gasteiger partial charge in [-0.25, -0.2) is 0 Å². The smallest absolute Gasteiger partial charge is 0.263 e. The lowest BCUT2D eigenvalue weighted by molar-refractivity contribution is 0.568. The van der Waals surface area contributed by atoms with Gasteiger partial charge in [-0.2, -0.15) is 4.99 Å². The molecule has 0 saturated carbocycles. The van der Waals surface area contributed by atoms with E-state index in [1.807, 2.05) is 0 Å². The Morgan fingerprint density at radius 2 is 1.41 bits per heavy atom. The van der Waals surface area contributed by atoms with E-state index >= 15 is 0 Å². The fraction of sp³-hybridized carbons (Fsp3) is 0.846. The summed E-state index contributed by atoms with van der Waals surface area (Å²) in [5.74, 6) is 0.786. The van der Waals surface area contributed by atoms with Crippen molar-refractivity contribution in [3.63, 3.8) is 0 Å². The molecule has 0 unspecified atom stereocenters. The molecule has 0 bridgehead atoms. The summed E-state index contributed by atoms with van der Waals surface area (Å²) in [7, 11) is 0. The number of azo groups is 1. The molecule has 0 amide bonds. The summed E-state index contributed by atoms with van der Waals surface area (Å²) in [5, 5.41) is 14.6. The van der Waals surface area contributed by atoms with Crippen LogP contribution in [0.1, 0.15) is 71.1 Å². The summed E-state index contributed by atoms with van der Waals surface area (Å²) in [6.45, 7) is 2.25. The highest BCUT2D eigenvalue weighted by molar-refractivity contribution is 5.99. The van der Waals surface area contributed by atoms with E-state index in [1.165, 1.54) is 51.4 Å². The Labute approximate surface area is 104 Å². The average molecular weight is 236 g/mol. The predicted octanol–water partition coefficient (Wildman–Crippen LogP) is 4.71. The Bertz CT molecular complexity index is 281. The molecule has 1 aliphatic rings. The lowest BCUT2D eigenvalue weighted by Gasteiger charge is -2.00. The highest BCUT2D eigenvalue weighted by atomic mass is 15.3. The molecule has 4 nitrogen and oxygen atoms in total. The molecule has 17 heavy (non-hydrogen) atoms. The Morgan fingerprint density at radius 1 is 0.824 bits per heavy atom. The Kier molecular flexibility index (Phi) is 7.43. The van der Waals surface area contributed by atoms with E-state index < -0.39 is 0 Å². The molecule has 4 heteroatoms. The van der Waals surface area contributed by atoms with E-state index in [9.17, 15) is 0 Å². The summed E-state index contributed by atoms with van der Waals surface area (Å²) in [6.07, 6.45) is 12.8. The zero-order valence-electron chi connectivity index (χ0n) is 10.9. The van der Waals surface area contributed by atoms with Crippen molar-refractivity contribution in [3.05, 3.63) is 0 Å². The van der Waals surface area contributed by atoms with Gasteiger partial charge in [-0.3, -0.25) is 5.41 Å². The van der Waals surface area contributed by atoms with E-state index in [4.69, 9.17) is 5.41 Å². The first-order chi connectivity index (χ1) is 8.33. The van der Waals surface area contributed by atoms with Gasteiger partial charge >= 0.3 is 0 Å². The molecule has 0 radical (unpaired) electrons. The summed E-state index contributed by atoms with van der Waals surface area (Å²) in [6, 6.07) is 0. The molecular weight excluding hydrogens is 212 g/mol. The van der Waals surface area contributed by atoms with Crippen LogP contribution in [0.2, 0.25) is 0 Å². The first-order valence-electron chi connectivity index (χ1n) is 6.91. The standard InChI is InChI=1S/C13H24N4/c1-2-3-4-5-6-7-8-9-10-11-12-15-13(14)17-16-12/h14H,2-11H2,1H3. The lowest BCUT2D eigenvalue weighted by atomic mass is 10.1. The Balaban J connectivity index is 1.83. The molecule has 0 fully saturated rings. The van der Waals surface area contributed by atoms with Crippen LogP contribution in [0.15, 0.2) is 15.2 Å². The van der Waals surface area contributed by atoms with Crippen molar-refractivity contribution in [3.8, 4) is 0 Å². The van der Waals surface area contributed by atoms with Crippen LogP contribution >= 0.6 is 0 Å². The van der Waals surface area contributed by atoms with Gasteiger partial charge in [-0.15, -0.1) is 10.2 Å². The molecular formula is C13H24N4. The number of hydrogen-bond acceptors (Lipinski definition) is 2. The number of rotatable bonds is 10. The second kappa shape index (κ2) is 9.02. The van der Waals surface area contributed by atoms with Crippen molar-refractivity contribution >= 4 is 11.8 Å². The molecule has 0 aromatic heterocycles. The summed E-state index contributed by atoms with van der Waals surface area (Å²) >= 11 is 0. The van der Waals surface area contributed by atoms with Crippen LogP contribution in [0, 0.1) is 5.41 Å². The number of nitrogens with zero attached hydrogens (tertiary/aromatic N) is 3. The van der Waals surface area contributed by atoms with Crippen molar-refractivity contribution in [2.24, 2.45) is 15.2 Å². The number of aliphatic imine (C=N–C) groups is 1. The zero-order valence-corrected chi connectivity index (χ0v) is 10.9. The van der Waals surface area contributed by atoms with Crippen LogP contribution in [0.5, 0.6) is 0 Å². The van der Waals surface area contributed by atoms with Crippen molar-refractivity contribution < 1.29 is 0 Å². The van der Waals surface area contributed by atoms with Crippen molar-refractivity contribution in [2.75, 3.05) is 0 Å². The molecule has 1 heterocycles.